The van der Waals surface area contributed by atoms with Gasteiger partial charge < -0.3 is 27.9 Å². The summed E-state index contributed by atoms with van der Waals surface area (Å²) >= 11 is 0. The van der Waals surface area contributed by atoms with E-state index in [2.05, 4.69) is 13.8 Å². The summed E-state index contributed by atoms with van der Waals surface area (Å²) < 4.78 is 30.9. The smallest absolute Gasteiger partial charge is 0.490 e. The molecule has 0 aliphatic heterocycles. The van der Waals surface area contributed by atoms with Gasteiger partial charge in [0.25, 0.3) is 0 Å². The maximum atomic E-state index is 11.0. The van der Waals surface area contributed by atoms with Crippen LogP contribution in [0.1, 0.15) is 78.7 Å². The molecule has 1 atom stereocenters. The van der Waals surface area contributed by atoms with Crippen molar-refractivity contribution in [2.24, 2.45) is 0 Å². The summed E-state index contributed by atoms with van der Waals surface area (Å²) in [4.78, 5) is 11.0. The van der Waals surface area contributed by atoms with Crippen molar-refractivity contribution in [3.63, 3.8) is 0 Å². The first kappa shape index (κ1) is 29.2. The minimum absolute atomic E-state index is 0.413. The van der Waals surface area contributed by atoms with Crippen molar-refractivity contribution in [1.82, 2.24) is 0 Å². The lowest BCUT2D eigenvalue weighted by Crippen LogP contribution is -2.59. The Labute approximate surface area is 200 Å². The fraction of sp³-hybridized carbons (Fsp3) is 0.640. The van der Waals surface area contributed by atoms with E-state index in [9.17, 15) is 4.79 Å². The molecule has 188 valence electrons. The Morgan fingerprint density at radius 3 is 2.15 bits per heavy atom. The van der Waals surface area contributed by atoms with Gasteiger partial charge in [-0.2, -0.15) is 0 Å². The van der Waals surface area contributed by atoms with Crippen molar-refractivity contribution in [1.29, 1.82) is 0 Å². The number of rotatable bonds is 19. The van der Waals surface area contributed by atoms with Gasteiger partial charge in [-0.1, -0.05) is 45.6 Å². The summed E-state index contributed by atoms with van der Waals surface area (Å²) in [6.07, 6.45) is 8.60. The van der Waals surface area contributed by atoms with Gasteiger partial charge in [0.2, 0.25) is 0 Å². The highest BCUT2D eigenvalue weighted by Gasteiger charge is 2.51. The highest BCUT2D eigenvalue weighted by Crippen LogP contribution is 2.33. The molecule has 0 aromatic heterocycles. The van der Waals surface area contributed by atoms with Gasteiger partial charge in [0.05, 0.1) is 6.61 Å². The Bertz CT molecular complexity index is 691. The molecule has 1 aromatic rings. The second kappa shape index (κ2) is 16.7. The number of hydrogen-bond acceptors (Lipinski definition) is 6. The van der Waals surface area contributed by atoms with E-state index in [1.807, 2.05) is 32.9 Å². The number of ether oxygens (including phenoxy) is 2. The van der Waals surface area contributed by atoms with Gasteiger partial charge in [0, 0.05) is 25.9 Å². The number of unbranched alkanes of at least 4 members (excludes halogenated alkanes) is 3. The van der Waals surface area contributed by atoms with E-state index < -0.39 is 20.5 Å². The van der Waals surface area contributed by atoms with Crippen LogP contribution in [0.15, 0.2) is 24.3 Å². The monoisotopic (exact) mass is 482 g/mol. The van der Waals surface area contributed by atoms with Crippen molar-refractivity contribution in [3.05, 3.63) is 29.8 Å². The Morgan fingerprint density at radius 1 is 0.939 bits per heavy atom. The number of benzene rings is 1. The van der Waals surface area contributed by atoms with Crippen LogP contribution in [0.4, 0.5) is 0 Å². The molecule has 0 radical (unpaired) electrons. The first-order chi connectivity index (χ1) is 16.0. The van der Waals surface area contributed by atoms with Crippen LogP contribution in [0.2, 0.25) is 0 Å². The number of aliphatic carboxylic acids is 1. The Morgan fingerprint density at radius 2 is 1.61 bits per heavy atom. The van der Waals surface area contributed by atoms with Gasteiger partial charge >= 0.3 is 14.8 Å². The van der Waals surface area contributed by atoms with Crippen LogP contribution in [0.25, 0.3) is 6.08 Å². The third kappa shape index (κ3) is 10.3. The number of hydrogen-bond donors (Lipinski definition) is 1. The summed E-state index contributed by atoms with van der Waals surface area (Å²) in [5, 5.41) is 9.00. The van der Waals surface area contributed by atoms with Gasteiger partial charge in [-0.25, -0.2) is 4.79 Å². The molecule has 0 fully saturated rings. The van der Waals surface area contributed by atoms with Crippen LogP contribution in [-0.2, 0) is 18.1 Å². The molecule has 0 bridgehead atoms. The topological polar surface area (TPSA) is 83.5 Å². The molecular weight excluding hydrogens is 440 g/mol. The van der Waals surface area contributed by atoms with Crippen molar-refractivity contribution in [2.75, 3.05) is 26.4 Å². The normalized spacial score (nSPS) is 12.8. The minimum atomic E-state index is -3.14. The third-order valence-corrected chi connectivity index (χ3v) is 8.16. The molecule has 33 heavy (non-hydrogen) atoms. The van der Waals surface area contributed by atoms with Crippen LogP contribution >= 0.6 is 0 Å². The van der Waals surface area contributed by atoms with Gasteiger partial charge in [-0.3, -0.25) is 0 Å². The van der Waals surface area contributed by atoms with Gasteiger partial charge in [-0.05, 0) is 57.4 Å². The summed E-state index contributed by atoms with van der Waals surface area (Å²) in [6.45, 7) is 12.0. The second-order valence-electron chi connectivity index (χ2n) is 7.58. The van der Waals surface area contributed by atoms with Crippen molar-refractivity contribution in [3.8, 4) is 11.5 Å². The first-order valence-electron chi connectivity index (χ1n) is 12.2. The van der Waals surface area contributed by atoms with Gasteiger partial charge in [0.15, 0.2) is 17.2 Å². The molecule has 0 saturated carbocycles. The summed E-state index contributed by atoms with van der Waals surface area (Å²) in [7, 11) is -3.14. The fourth-order valence-electron chi connectivity index (χ4n) is 3.45. The molecule has 0 spiro atoms. The van der Waals surface area contributed by atoms with Crippen LogP contribution in [0, 0.1) is 0 Å². The quantitative estimate of drug-likeness (QED) is 0.150. The maximum Gasteiger partial charge on any atom is 0.543 e. The first-order valence-corrected chi connectivity index (χ1v) is 14.0. The standard InChI is InChI=1S/C25H42O7Si/c1-6-11-12-13-19-28-22-17-15-21(16-18-24(26)27)20-23(22)32-25(14-7-2)33(29-8-3,30-9-4)31-10-5/h15-18,20,25H,6-14,19H2,1-5H3,(H,26,27)/b18-16+. The second-order valence-corrected chi connectivity index (χ2v) is 10.3. The molecule has 8 heteroatoms. The zero-order chi connectivity index (χ0) is 24.5. The molecule has 1 aromatic carbocycles. The molecular formula is C25H42O7Si. The summed E-state index contributed by atoms with van der Waals surface area (Å²) in [6, 6.07) is 5.44. The van der Waals surface area contributed by atoms with Gasteiger partial charge in [-0.15, -0.1) is 0 Å². The molecule has 1 rings (SSSR count). The summed E-state index contributed by atoms with van der Waals surface area (Å²) in [5.41, 5.74) is 0.293. The molecule has 7 nitrogen and oxygen atoms in total. The Balaban J connectivity index is 3.28. The van der Waals surface area contributed by atoms with E-state index in [-0.39, 0.29) is 0 Å². The average molecular weight is 483 g/mol. The lowest BCUT2D eigenvalue weighted by atomic mass is 10.2. The molecule has 1 N–H and O–H groups in total. The average Bonchev–Trinajstić information content (AvgIpc) is 2.78. The predicted octanol–water partition coefficient (Wildman–Crippen LogP) is 5.88. The van der Waals surface area contributed by atoms with E-state index in [0.717, 1.165) is 31.8 Å². The van der Waals surface area contributed by atoms with Crippen LogP contribution in [0.5, 0.6) is 11.5 Å². The minimum Gasteiger partial charge on any atom is -0.490 e. The number of carboxylic acid groups (broad SMARTS) is 1. The molecule has 0 saturated heterocycles. The molecule has 1 unspecified atom stereocenters. The van der Waals surface area contributed by atoms with E-state index in [1.165, 1.54) is 12.5 Å². The third-order valence-electron chi connectivity index (χ3n) is 4.89. The van der Waals surface area contributed by atoms with E-state index in [1.54, 1.807) is 6.07 Å². The fourth-order valence-corrected chi connectivity index (χ4v) is 6.38. The lowest BCUT2D eigenvalue weighted by molar-refractivity contribution is -0.131. The largest absolute Gasteiger partial charge is 0.543 e. The van der Waals surface area contributed by atoms with Crippen molar-refractivity contribution < 1.29 is 32.7 Å². The van der Waals surface area contributed by atoms with Gasteiger partial charge in [0.1, 0.15) is 0 Å². The zero-order valence-corrected chi connectivity index (χ0v) is 21.9. The predicted molar refractivity (Wildman–Crippen MR) is 133 cm³/mol. The number of carbonyl (C=O) groups is 1. The lowest BCUT2D eigenvalue weighted by Gasteiger charge is -2.35. The molecule has 0 aliphatic carbocycles. The van der Waals surface area contributed by atoms with E-state index >= 15 is 0 Å². The highest BCUT2D eigenvalue weighted by molar-refractivity contribution is 6.62. The van der Waals surface area contributed by atoms with Crippen LogP contribution in [-0.4, -0.2) is 52.0 Å². The van der Waals surface area contributed by atoms with Crippen LogP contribution < -0.4 is 9.47 Å². The van der Waals surface area contributed by atoms with Crippen molar-refractivity contribution in [2.45, 2.75) is 78.9 Å². The van der Waals surface area contributed by atoms with Crippen molar-refractivity contribution >= 4 is 20.8 Å². The molecule has 0 amide bonds. The summed E-state index contributed by atoms with van der Waals surface area (Å²) in [5.74, 6) is 0.146. The Kier molecular flexibility index (Phi) is 14.8. The Hall–Kier alpha value is -1.87. The van der Waals surface area contributed by atoms with E-state index in [0.29, 0.717) is 49.9 Å². The van der Waals surface area contributed by atoms with E-state index in [4.69, 9.17) is 27.9 Å². The molecule has 0 heterocycles. The maximum absolute atomic E-state index is 11.0. The highest BCUT2D eigenvalue weighted by atomic mass is 28.4. The molecule has 0 aliphatic rings. The van der Waals surface area contributed by atoms with Crippen LogP contribution in [0.3, 0.4) is 0 Å². The zero-order valence-electron chi connectivity index (χ0n) is 20.9. The SMILES string of the molecule is CCCCCCOc1ccc(/C=C/C(=O)O)cc1OC(CCC)[Si](OCC)(OCC)OCC. The number of carboxylic acids is 1.